The Morgan fingerprint density at radius 2 is 1.73 bits per heavy atom. The molecule has 1 fully saturated rings. The number of esters is 1. The van der Waals surface area contributed by atoms with Crippen LogP contribution in [-0.2, 0) is 20.9 Å². The third-order valence-corrected chi connectivity index (χ3v) is 5.77. The third-order valence-electron chi connectivity index (χ3n) is 5.77. The summed E-state index contributed by atoms with van der Waals surface area (Å²) in [5.41, 5.74) is 2.08. The maximum Gasteiger partial charge on any atom is 0.338 e. The number of rotatable bonds is 7. The lowest BCUT2D eigenvalue weighted by molar-refractivity contribution is -0.133. The predicted molar refractivity (Wildman–Crippen MR) is 125 cm³/mol. The summed E-state index contributed by atoms with van der Waals surface area (Å²) in [6.45, 7) is 0.748. The van der Waals surface area contributed by atoms with Crippen LogP contribution in [0.3, 0.4) is 0 Å². The second-order valence-corrected chi connectivity index (χ2v) is 8.07. The number of anilines is 1. The number of carbonyl (C=O) groups is 3. The average molecular weight is 447 g/mol. The summed E-state index contributed by atoms with van der Waals surface area (Å²) in [6.07, 6.45) is 1.39. The number of hydrogen-bond donors (Lipinski definition) is 0. The Labute approximate surface area is 192 Å². The van der Waals surface area contributed by atoms with Gasteiger partial charge in [0.05, 0.1) is 12.7 Å². The molecule has 4 rings (SSSR count). The molecule has 7 heteroatoms. The lowest BCUT2D eigenvalue weighted by atomic mass is 10.1. The largest absolute Gasteiger partial charge is 0.497 e. The van der Waals surface area contributed by atoms with E-state index in [1.807, 2.05) is 36.4 Å². The van der Waals surface area contributed by atoms with Crippen molar-refractivity contribution < 1.29 is 23.9 Å². The van der Waals surface area contributed by atoms with Crippen molar-refractivity contribution in [3.05, 3.63) is 71.8 Å². The molecule has 170 valence electrons. The zero-order chi connectivity index (χ0) is 23.4. The zero-order valence-electron chi connectivity index (χ0n) is 18.7. The van der Waals surface area contributed by atoms with Crippen LogP contribution in [0.5, 0.6) is 5.75 Å². The smallest absolute Gasteiger partial charge is 0.338 e. The highest BCUT2D eigenvalue weighted by atomic mass is 16.5. The van der Waals surface area contributed by atoms with Gasteiger partial charge >= 0.3 is 5.97 Å². The quantitative estimate of drug-likeness (QED) is 0.516. The van der Waals surface area contributed by atoms with Crippen LogP contribution in [0, 0.1) is 0 Å². The van der Waals surface area contributed by atoms with E-state index in [4.69, 9.17) is 9.47 Å². The van der Waals surface area contributed by atoms with E-state index in [-0.39, 0.29) is 18.4 Å². The number of fused-ring (bicyclic) bond motifs is 1. The van der Waals surface area contributed by atoms with Gasteiger partial charge in [0.25, 0.3) is 5.91 Å². The zero-order valence-corrected chi connectivity index (χ0v) is 18.7. The lowest BCUT2D eigenvalue weighted by Gasteiger charge is -2.18. The van der Waals surface area contributed by atoms with Crippen molar-refractivity contribution in [2.24, 2.45) is 0 Å². The fourth-order valence-electron chi connectivity index (χ4n) is 3.88. The molecule has 2 amide bonds. The molecule has 3 aromatic carbocycles. The highest BCUT2D eigenvalue weighted by Gasteiger charge is 2.22. The van der Waals surface area contributed by atoms with E-state index in [0.29, 0.717) is 25.1 Å². The maximum atomic E-state index is 12.5. The maximum absolute atomic E-state index is 12.5. The molecule has 1 aliphatic heterocycles. The molecule has 7 nitrogen and oxygen atoms in total. The first-order valence-corrected chi connectivity index (χ1v) is 10.8. The summed E-state index contributed by atoms with van der Waals surface area (Å²) >= 11 is 0. The predicted octanol–water partition coefficient (Wildman–Crippen LogP) is 3.79. The van der Waals surface area contributed by atoms with Crippen LogP contribution in [0.4, 0.5) is 5.69 Å². The number of amides is 2. The minimum atomic E-state index is -0.573. The molecule has 0 unspecified atom stereocenters. The van der Waals surface area contributed by atoms with Gasteiger partial charge in [-0.05, 0) is 65.2 Å². The van der Waals surface area contributed by atoms with Crippen molar-refractivity contribution in [3.63, 3.8) is 0 Å². The van der Waals surface area contributed by atoms with Gasteiger partial charge in [-0.15, -0.1) is 0 Å². The molecule has 0 aliphatic carbocycles. The molecule has 1 saturated heterocycles. The van der Waals surface area contributed by atoms with Crippen molar-refractivity contribution in [2.45, 2.75) is 19.4 Å². The van der Waals surface area contributed by atoms with Crippen molar-refractivity contribution in [2.75, 3.05) is 32.2 Å². The van der Waals surface area contributed by atoms with Crippen LogP contribution in [0.15, 0.2) is 60.7 Å². The summed E-state index contributed by atoms with van der Waals surface area (Å²) in [5.74, 6) is 0.0156. The van der Waals surface area contributed by atoms with Crippen molar-refractivity contribution in [1.29, 1.82) is 0 Å². The number of likely N-dealkylation sites (N-methyl/N-ethyl adjacent to an activating group) is 1. The van der Waals surface area contributed by atoms with Gasteiger partial charge in [0.2, 0.25) is 5.91 Å². The molecule has 0 bridgehead atoms. The fraction of sp³-hybridized carbons (Fsp3) is 0.269. The molecule has 33 heavy (non-hydrogen) atoms. The van der Waals surface area contributed by atoms with Crippen LogP contribution in [0.2, 0.25) is 0 Å². The highest BCUT2D eigenvalue weighted by Crippen LogP contribution is 2.23. The lowest BCUT2D eigenvalue weighted by Crippen LogP contribution is -2.30. The molecule has 0 saturated carbocycles. The van der Waals surface area contributed by atoms with Crippen LogP contribution in [0.25, 0.3) is 10.8 Å². The van der Waals surface area contributed by atoms with E-state index >= 15 is 0 Å². The van der Waals surface area contributed by atoms with Gasteiger partial charge in [-0.2, -0.15) is 0 Å². The van der Waals surface area contributed by atoms with Crippen LogP contribution in [-0.4, -0.2) is 50.0 Å². The molecule has 0 aromatic heterocycles. The Balaban J connectivity index is 1.31. The van der Waals surface area contributed by atoms with Gasteiger partial charge in [-0.25, -0.2) is 4.79 Å². The highest BCUT2D eigenvalue weighted by molar-refractivity contribution is 5.96. The molecule has 0 radical (unpaired) electrons. The van der Waals surface area contributed by atoms with Crippen molar-refractivity contribution in [3.8, 4) is 5.75 Å². The number of methoxy groups -OCH3 is 1. The van der Waals surface area contributed by atoms with Crippen LogP contribution >= 0.6 is 0 Å². The van der Waals surface area contributed by atoms with E-state index in [1.165, 1.54) is 4.90 Å². The van der Waals surface area contributed by atoms with E-state index in [1.54, 1.807) is 43.3 Å². The van der Waals surface area contributed by atoms with Gasteiger partial charge in [-0.1, -0.05) is 18.2 Å². The topological polar surface area (TPSA) is 76.2 Å². The van der Waals surface area contributed by atoms with Gasteiger partial charge in [0.1, 0.15) is 5.75 Å². The summed E-state index contributed by atoms with van der Waals surface area (Å²) in [5, 5.41) is 2.11. The monoisotopic (exact) mass is 446 g/mol. The van der Waals surface area contributed by atoms with E-state index in [0.717, 1.165) is 34.2 Å². The van der Waals surface area contributed by atoms with Gasteiger partial charge < -0.3 is 19.3 Å². The SMILES string of the molecule is COc1ccc2cc(CN(C)C(=O)COC(=O)c3ccc(N4CCCC4=O)cc3)ccc2c1. The second kappa shape index (κ2) is 9.73. The Bertz CT molecular complexity index is 1190. The Morgan fingerprint density at radius 1 is 1.00 bits per heavy atom. The first kappa shape index (κ1) is 22.3. The average Bonchev–Trinajstić information content (AvgIpc) is 3.27. The minimum Gasteiger partial charge on any atom is -0.497 e. The summed E-state index contributed by atoms with van der Waals surface area (Å²) in [4.78, 5) is 39.9. The Kier molecular flexibility index (Phi) is 6.58. The van der Waals surface area contributed by atoms with Gasteiger partial charge in [0, 0.05) is 32.2 Å². The van der Waals surface area contributed by atoms with Gasteiger partial charge in [-0.3, -0.25) is 9.59 Å². The number of hydrogen-bond acceptors (Lipinski definition) is 5. The van der Waals surface area contributed by atoms with E-state index in [9.17, 15) is 14.4 Å². The number of ether oxygens (including phenoxy) is 2. The number of benzene rings is 3. The molecular formula is C26H26N2O5. The fourth-order valence-corrected chi connectivity index (χ4v) is 3.88. The summed E-state index contributed by atoms with van der Waals surface area (Å²) < 4.78 is 10.5. The molecule has 0 N–H and O–H groups in total. The van der Waals surface area contributed by atoms with Crippen molar-refractivity contribution in [1.82, 2.24) is 4.90 Å². The minimum absolute atomic E-state index is 0.0881. The number of nitrogens with zero attached hydrogens (tertiary/aromatic N) is 2. The van der Waals surface area contributed by atoms with Crippen LogP contribution in [0.1, 0.15) is 28.8 Å². The Morgan fingerprint density at radius 3 is 2.42 bits per heavy atom. The molecule has 1 aliphatic rings. The molecular weight excluding hydrogens is 420 g/mol. The molecule has 3 aromatic rings. The summed E-state index contributed by atoms with van der Waals surface area (Å²) in [6, 6.07) is 18.5. The molecule has 0 spiro atoms. The standard InChI is InChI=1S/C26H26N2O5/c1-27(16-18-5-6-21-15-23(32-2)12-9-20(21)14-18)25(30)17-33-26(31)19-7-10-22(11-8-19)28-13-3-4-24(28)29/h5-12,14-15H,3-4,13,16-17H2,1-2H3. The normalized spacial score (nSPS) is 13.3. The third kappa shape index (κ3) is 5.14. The second-order valence-electron chi connectivity index (χ2n) is 8.07. The van der Waals surface area contributed by atoms with Crippen molar-refractivity contribution >= 4 is 34.2 Å². The van der Waals surface area contributed by atoms with Crippen LogP contribution < -0.4 is 9.64 Å². The first-order chi connectivity index (χ1) is 15.9. The van der Waals surface area contributed by atoms with Gasteiger partial charge in [0.15, 0.2) is 6.61 Å². The van der Waals surface area contributed by atoms with E-state index in [2.05, 4.69) is 0 Å². The first-order valence-electron chi connectivity index (χ1n) is 10.8. The molecule has 1 heterocycles. The summed E-state index contributed by atoms with van der Waals surface area (Å²) in [7, 11) is 3.31. The molecule has 0 atom stereocenters. The number of carbonyl (C=O) groups excluding carboxylic acids is 3. The Hall–Kier alpha value is -3.87. The van der Waals surface area contributed by atoms with E-state index < -0.39 is 5.97 Å².